The highest BCUT2D eigenvalue weighted by Crippen LogP contribution is 2.29. The van der Waals surface area contributed by atoms with Crippen molar-refractivity contribution in [1.82, 2.24) is 9.62 Å². The van der Waals surface area contributed by atoms with Gasteiger partial charge >= 0.3 is 0 Å². The van der Waals surface area contributed by atoms with Crippen molar-refractivity contribution in [3.05, 3.63) is 16.5 Å². The molecule has 0 bridgehead atoms. The van der Waals surface area contributed by atoms with Gasteiger partial charge in [0, 0.05) is 19.2 Å². The minimum absolute atomic E-state index is 0.0375. The van der Waals surface area contributed by atoms with Crippen LogP contribution in [-0.4, -0.2) is 32.9 Å². The molecule has 5 nitrogen and oxygen atoms in total. The van der Waals surface area contributed by atoms with Gasteiger partial charge in [-0.2, -0.15) is 4.31 Å². The molecule has 19 heavy (non-hydrogen) atoms. The molecule has 1 unspecified atom stereocenters. The molecule has 1 heterocycles. The lowest BCUT2D eigenvalue weighted by Gasteiger charge is -2.23. The Balaban J connectivity index is 3.05. The predicted octanol–water partition coefficient (Wildman–Crippen LogP) is 2.57. The lowest BCUT2D eigenvalue weighted by molar-refractivity contribution is 0.367. The lowest BCUT2D eigenvalue weighted by atomic mass is 10.2. The van der Waals surface area contributed by atoms with E-state index in [1.807, 2.05) is 13.8 Å². The van der Waals surface area contributed by atoms with Crippen LogP contribution in [0, 0.1) is 0 Å². The van der Waals surface area contributed by atoms with Gasteiger partial charge in [0.1, 0.15) is 10.7 Å². The number of halogens is 1. The van der Waals surface area contributed by atoms with Gasteiger partial charge in [0.25, 0.3) is 0 Å². The molecule has 1 N–H and O–H groups in total. The van der Waals surface area contributed by atoms with Gasteiger partial charge in [0.15, 0.2) is 4.67 Å². The van der Waals surface area contributed by atoms with E-state index in [9.17, 15) is 8.42 Å². The third-order valence-corrected chi connectivity index (χ3v) is 5.87. The number of nitrogens with one attached hydrogen (secondary N) is 1. The number of nitrogens with zero attached hydrogens (tertiary/aromatic N) is 1. The molecular weight excluding hydrogens is 332 g/mol. The van der Waals surface area contributed by atoms with Crippen LogP contribution in [-0.2, 0) is 16.6 Å². The highest BCUT2D eigenvalue weighted by Gasteiger charge is 2.29. The summed E-state index contributed by atoms with van der Waals surface area (Å²) in [4.78, 5) is 0.184. The molecule has 1 aromatic rings. The summed E-state index contributed by atoms with van der Waals surface area (Å²) in [6.07, 6.45) is 1.77. The summed E-state index contributed by atoms with van der Waals surface area (Å²) in [5, 5.41) is 2.93. The Morgan fingerprint density at radius 1 is 1.53 bits per heavy atom. The molecule has 0 aliphatic heterocycles. The molecule has 0 amide bonds. The van der Waals surface area contributed by atoms with Crippen LogP contribution in [0.25, 0.3) is 0 Å². The normalized spacial score (nSPS) is 14.0. The molecule has 0 aliphatic rings. The first-order valence-corrected chi connectivity index (χ1v) is 8.48. The summed E-state index contributed by atoms with van der Waals surface area (Å²) in [5.74, 6) is 0.587. The molecule has 0 spiro atoms. The zero-order chi connectivity index (χ0) is 14.6. The SMILES string of the molecule is CCCC(C)N(C)S(=O)(=O)c1cc(CNC)oc1Br. The third-order valence-electron chi connectivity index (χ3n) is 3.04. The van der Waals surface area contributed by atoms with Crippen molar-refractivity contribution in [3.63, 3.8) is 0 Å². The first kappa shape index (κ1) is 16.7. The molecule has 0 aromatic carbocycles. The Labute approximate surface area is 123 Å². The van der Waals surface area contributed by atoms with Crippen LogP contribution < -0.4 is 5.32 Å². The van der Waals surface area contributed by atoms with Crippen molar-refractivity contribution in [2.45, 2.75) is 44.2 Å². The van der Waals surface area contributed by atoms with Crippen molar-refractivity contribution in [3.8, 4) is 0 Å². The van der Waals surface area contributed by atoms with E-state index in [1.165, 1.54) is 4.31 Å². The minimum Gasteiger partial charge on any atom is -0.452 e. The molecule has 1 rings (SSSR count). The van der Waals surface area contributed by atoms with E-state index < -0.39 is 10.0 Å². The standard InChI is InChI=1S/C12H21BrN2O3S/c1-5-6-9(2)15(4)19(16,17)11-7-10(8-14-3)18-12(11)13/h7,9,14H,5-6,8H2,1-4H3. The van der Waals surface area contributed by atoms with Gasteiger partial charge in [-0.1, -0.05) is 13.3 Å². The van der Waals surface area contributed by atoms with Crippen molar-refractivity contribution in [1.29, 1.82) is 0 Å². The Morgan fingerprint density at radius 3 is 2.68 bits per heavy atom. The highest BCUT2D eigenvalue weighted by molar-refractivity contribution is 9.10. The van der Waals surface area contributed by atoms with Crippen LogP contribution in [0.4, 0.5) is 0 Å². The molecule has 110 valence electrons. The number of rotatable bonds is 7. The van der Waals surface area contributed by atoms with Crippen molar-refractivity contribution >= 4 is 26.0 Å². The Morgan fingerprint density at radius 2 is 2.16 bits per heavy atom. The van der Waals surface area contributed by atoms with Gasteiger partial charge in [-0.25, -0.2) is 8.42 Å². The van der Waals surface area contributed by atoms with Gasteiger partial charge in [0.05, 0.1) is 6.54 Å². The largest absolute Gasteiger partial charge is 0.452 e. The maximum atomic E-state index is 12.5. The van der Waals surface area contributed by atoms with Crippen molar-refractivity contribution < 1.29 is 12.8 Å². The van der Waals surface area contributed by atoms with Gasteiger partial charge in [-0.05, 0) is 36.3 Å². The van der Waals surface area contributed by atoms with E-state index in [0.717, 1.165) is 12.8 Å². The molecular formula is C12H21BrN2O3S. The molecule has 0 saturated carbocycles. The van der Waals surface area contributed by atoms with E-state index in [1.54, 1.807) is 20.2 Å². The van der Waals surface area contributed by atoms with Crippen LogP contribution in [0.1, 0.15) is 32.4 Å². The van der Waals surface area contributed by atoms with Crippen LogP contribution >= 0.6 is 15.9 Å². The second-order valence-electron chi connectivity index (χ2n) is 4.54. The van der Waals surface area contributed by atoms with Gasteiger partial charge < -0.3 is 9.73 Å². The zero-order valence-electron chi connectivity index (χ0n) is 11.7. The van der Waals surface area contributed by atoms with E-state index in [-0.39, 0.29) is 15.6 Å². The first-order chi connectivity index (χ1) is 8.84. The monoisotopic (exact) mass is 352 g/mol. The number of hydrogen-bond acceptors (Lipinski definition) is 4. The summed E-state index contributed by atoms with van der Waals surface area (Å²) in [5.41, 5.74) is 0. The second kappa shape index (κ2) is 6.88. The quantitative estimate of drug-likeness (QED) is 0.818. The summed E-state index contributed by atoms with van der Waals surface area (Å²) in [6, 6.07) is 1.52. The summed E-state index contributed by atoms with van der Waals surface area (Å²) in [7, 11) is -0.142. The Kier molecular flexibility index (Phi) is 6.04. The van der Waals surface area contributed by atoms with Gasteiger partial charge in [-0.3, -0.25) is 0 Å². The van der Waals surface area contributed by atoms with E-state index in [0.29, 0.717) is 12.3 Å². The topological polar surface area (TPSA) is 62.6 Å². The van der Waals surface area contributed by atoms with Crippen LogP contribution in [0.5, 0.6) is 0 Å². The van der Waals surface area contributed by atoms with E-state index in [4.69, 9.17) is 4.42 Å². The molecule has 0 saturated heterocycles. The molecule has 0 radical (unpaired) electrons. The van der Waals surface area contributed by atoms with Crippen molar-refractivity contribution in [2.75, 3.05) is 14.1 Å². The maximum absolute atomic E-state index is 12.5. The molecule has 1 atom stereocenters. The van der Waals surface area contributed by atoms with Crippen molar-refractivity contribution in [2.24, 2.45) is 0 Å². The fraction of sp³-hybridized carbons (Fsp3) is 0.667. The Hall–Kier alpha value is -0.370. The maximum Gasteiger partial charge on any atom is 0.247 e. The van der Waals surface area contributed by atoms with Gasteiger partial charge in [-0.15, -0.1) is 0 Å². The molecule has 0 aliphatic carbocycles. The first-order valence-electron chi connectivity index (χ1n) is 6.25. The van der Waals surface area contributed by atoms with Gasteiger partial charge in [0.2, 0.25) is 10.0 Å². The summed E-state index contributed by atoms with van der Waals surface area (Å²) in [6.45, 7) is 4.43. The molecule has 0 fully saturated rings. The fourth-order valence-corrected chi connectivity index (χ4v) is 4.18. The predicted molar refractivity (Wildman–Crippen MR) is 78.5 cm³/mol. The summed E-state index contributed by atoms with van der Waals surface area (Å²) < 4.78 is 32.0. The number of sulfonamides is 1. The number of hydrogen-bond donors (Lipinski definition) is 1. The van der Waals surface area contributed by atoms with E-state index in [2.05, 4.69) is 21.2 Å². The molecule has 1 aromatic heterocycles. The van der Waals surface area contributed by atoms with Crippen LogP contribution in [0.3, 0.4) is 0 Å². The highest BCUT2D eigenvalue weighted by atomic mass is 79.9. The van der Waals surface area contributed by atoms with Crippen LogP contribution in [0.2, 0.25) is 0 Å². The average molecular weight is 353 g/mol. The smallest absolute Gasteiger partial charge is 0.247 e. The minimum atomic E-state index is -3.52. The lowest BCUT2D eigenvalue weighted by Crippen LogP contribution is -2.34. The Bertz CT molecular complexity index is 513. The van der Waals surface area contributed by atoms with Crippen LogP contribution in [0.15, 0.2) is 20.0 Å². The zero-order valence-corrected chi connectivity index (χ0v) is 14.1. The fourth-order valence-electron chi connectivity index (χ4n) is 1.83. The average Bonchev–Trinajstić information content (AvgIpc) is 2.70. The molecule has 7 heteroatoms. The summed E-state index contributed by atoms with van der Waals surface area (Å²) >= 11 is 3.18. The second-order valence-corrected chi connectivity index (χ2v) is 7.23. The number of furan rings is 1. The third kappa shape index (κ3) is 3.81. The van der Waals surface area contributed by atoms with E-state index >= 15 is 0 Å².